The summed E-state index contributed by atoms with van der Waals surface area (Å²) in [5, 5.41) is 11.1. The van der Waals surface area contributed by atoms with Gasteiger partial charge in [-0.3, -0.25) is 10.1 Å². The van der Waals surface area contributed by atoms with E-state index in [2.05, 4.69) is 0 Å². The lowest BCUT2D eigenvalue weighted by Crippen LogP contribution is -2.28. The van der Waals surface area contributed by atoms with Crippen molar-refractivity contribution in [1.29, 1.82) is 0 Å². The number of esters is 2. The molecule has 1 heterocycles. The molecule has 0 saturated carbocycles. The van der Waals surface area contributed by atoms with Crippen LogP contribution in [0.4, 0.5) is 11.4 Å². The van der Waals surface area contributed by atoms with Gasteiger partial charge in [0, 0.05) is 23.9 Å². The number of benzene rings is 1. The fraction of sp³-hybridized carbons (Fsp3) is 0.118. The smallest absolute Gasteiger partial charge is 0.355 e. The van der Waals surface area contributed by atoms with E-state index in [-0.39, 0.29) is 33.2 Å². The van der Waals surface area contributed by atoms with E-state index in [1.165, 1.54) is 48.6 Å². The van der Waals surface area contributed by atoms with Crippen LogP contribution >= 0.6 is 12.2 Å². The summed E-state index contributed by atoms with van der Waals surface area (Å²) in [6.45, 7) is 0. The van der Waals surface area contributed by atoms with Crippen LogP contribution < -0.4 is 10.6 Å². The summed E-state index contributed by atoms with van der Waals surface area (Å²) in [4.78, 5) is 36.2. The van der Waals surface area contributed by atoms with Crippen LogP contribution in [0.25, 0.3) is 0 Å². The van der Waals surface area contributed by atoms with Gasteiger partial charge in [0.1, 0.15) is 10.7 Å². The molecule has 0 fully saturated rings. The molecule has 0 aliphatic carbocycles. The van der Waals surface area contributed by atoms with Crippen LogP contribution in [0.15, 0.2) is 53.9 Å². The Bertz CT molecular complexity index is 919. The monoisotopic (exact) mass is 389 g/mol. The van der Waals surface area contributed by atoms with E-state index in [1.54, 1.807) is 6.08 Å². The Hall–Kier alpha value is -3.53. The molecule has 1 aliphatic heterocycles. The average molecular weight is 389 g/mol. The molecule has 0 radical (unpaired) electrons. The zero-order valence-electron chi connectivity index (χ0n) is 14.4. The van der Waals surface area contributed by atoms with Gasteiger partial charge in [-0.1, -0.05) is 18.3 Å². The summed E-state index contributed by atoms with van der Waals surface area (Å²) in [7, 11) is 2.33. The minimum Gasteiger partial charge on any atom is -0.465 e. The Morgan fingerprint density at radius 2 is 1.85 bits per heavy atom. The maximum Gasteiger partial charge on any atom is 0.355 e. The maximum absolute atomic E-state index is 12.4. The second-order valence-electron chi connectivity index (χ2n) is 5.14. The number of carbonyl (C=O) groups is 2. The predicted molar refractivity (Wildman–Crippen MR) is 101 cm³/mol. The van der Waals surface area contributed by atoms with Gasteiger partial charge in [-0.05, 0) is 18.2 Å². The number of rotatable bonds is 5. The number of thiocarbonyl (C=S) groups is 1. The molecular weight excluding hydrogens is 374 g/mol. The molecule has 0 bridgehead atoms. The summed E-state index contributed by atoms with van der Waals surface area (Å²) < 4.78 is 9.53. The number of methoxy groups -OCH3 is 2. The third kappa shape index (κ3) is 4.01. The molecule has 2 N–H and O–H groups in total. The van der Waals surface area contributed by atoms with Crippen molar-refractivity contribution >= 4 is 40.5 Å². The predicted octanol–water partition coefficient (Wildman–Crippen LogP) is 1.72. The van der Waals surface area contributed by atoms with Crippen molar-refractivity contribution in [3.8, 4) is 0 Å². The summed E-state index contributed by atoms with van der Waals surface area (Å²) in [6, 6.07) is 3.80. The van der Waals surface area contributed by atoms with E-state index in [9.17, 15) is 19.7 Å². The van der Waals surface area contributed by atoms with Crippen LogP contribution in [0.1, 0.15) is 5.56 Å². The molecule has 0 unspecified atom stereocenters. The maximum atomic E-state index is 12.4. The zero-order chi connectivity index (χ0) is 20.1. The minimum absolute atomic E-state index is 0.0680. The molecule has 10 heteroatoms. The summed E-state index contributed by atoms with van der Waals surface area (Å²) in [5.41, 5.74) is 5.68. The quantitative estimate of drug-likeness (QED) is 0.347. The number of nitro groups is 1. The Morgan fingerprint density at radius 3 is 2.41 bits per heavy atom. The molecule has 2 rings (SSSR count). The van der Waals surface area contributed by atoms with E-state index in [4.69, 9.17) is 27.4 Å². The molecule has 140 valence electrons. The van der Waals surface area contributed by atoms with Crippen LogP contribution in [0.5, 0.6) is 0 Å². The molecule has 1 aromatic carbocycles. The highest BCUT2D eigenvalue weighted by Gasteiger charge is 2.29. The Morgan fingerprint density at radius 1 is 1.19 bits per heavy atom. The van der Waals surface area contributed by atoms with Crippen molar-refractivity contribution in [2.24, 2.45) is 5.73 Å². The van der Waals surface area contributed by atoms with Crippen molar-refractivity contribution < 1.29 is 24.0 Å². The molecular formula is C17H15N3O6S. The molecule has 1 aromatic rings. The number of allylic oxidation sites excluding steroid dienone is 2. The summed E-state index contributed by atoms with van der Waals surface area (Å²) in [6.07, 6.45) is 5.95. The van der Waals surface area contributed by atoms with E-state index in [0.29, 0.717) is 0 Å². The molecule has 0 amide bonds. The topological polar surface area (TPSA) is 125 Å². The van der Waals surface area contributed by atoms with Crippen LogP contribution in [0.3, 0.4) is 0 Å². The third-order valence-corrected chi connectivity index (χ3v) is 3.83. The van der Waals surface area contributed by atoms with Gasteiger partial charge in [-0.15, -0.1) is 0 Å². The third-order valence-electron chi connectivity index (χ3n) is 3.61. The Balaban J connectivity index is 2.78. The minimum atomic E-state index is -0.821. The van der Waals surface area contributed by atoms with Crippen LogP contribution in [-0.2, 0) is 19.1 Å². The summed E-state index contributed by atoms with van der Waals surface area (Å²) >= 11 is 5.00. The van der Waals surface area contributed by atoms with Crippen molar-refractivity contribution in [3.63, 3.8) is 0 Å². The number of non-ortho nitro benzene ring substituents is 1. The summed E-state index contributed by atoms with van der Waals surface area (Å²) in [5.74, 6) is -1.59. The number of anilines is 1. The van der Waals surface area contributed by atoms with Crippen molar-refractivity contribution in [3.05, 3.63) is 69.6 Å². The van der Waals surface area contributed by atoms with Gasteiger partial charge in [0.05, 0.1) is 30.4 Å². The fourth-order valence-electron chi connectivity index (χ4n) is 2.40. The number of nitro benzene ring substituents is 1. The Labute approximate surface area is 159 Å². The molecule has 0 spiro atoms. The number of hydrogen-bond donors (Lipinski definition) is 1. The van der Waals surface area contributed by atoms with Crippen molar-refractivity contribution in [2.45, 2.75) is 0 Å². The van der Waals surface area contributed by atoms with Crippen molar-refractivity contribution in [2.75, 3.05) is 19.1 Å². The first kappa shape index (κ1) is 19.8. The van der Waals surface area contributed by atoms with E-state index in [1.807, 2.05) is 0 Å². The number of hydrogen-bond acceptors (Lipinski definition) is 8. The normalized spacial score (nSPS) is 13.2. The van der Waals surface area contributed by atoms with E-state index in [0.717, 1.165) is 7.11 Å². The molecule has 0 aromatic heterocycles. The van der Waals surface area contributed by atoms with Crippen LogP contribution in [0, 0.1) is 10.1 Å². The standard InChI is InChI=1S/C17H15N3O6S/c1-25-16(21)11-5-3-4-8-19(14(11)17(22)26-2)13-7-6-10(20(23)24)9-12(13)15(18)27/h3-9H,1-2H3,(H2,18,27). The second kappa shape index (κ2) is 8.23. The van der Waals surface area contributed by atoms with Crippen LogP contribution in [0.2, 0.25) is 0 Å². The number of carbonyl (C=O) groups excluding carboxylic acids is 2. The number of ether oxygens (including phenoxy) is 2. The lowest BCUT2D eigenvalue weighted by Gasteiger charge is -2.25. The van der Waals surface area contributed by atoms with Gasteiger partial charge < -0.3 is 20.1 Å². The fourth-order valence-corrected chi connectivity index (χ4v) is 2.56. The molecule has 1 aliphatic rings. The van der Waals surface area contributed by atoms with Gasteiger partial charge in [0.2, 0.25) is 0 Å². The van der Waals surface area contributed by atoms with Gasteiger partial charge in [0.15, 0.2) is 0 Å². The van der Waals surface area contributed by atoms with Crippen LogP contribution in [-0.4, -0.2) is 36.1 Å². The number of nitrogens with zero attached hydrogens (tertiary/aromatic N) is 2. The Kier molecular flexibility index (Phi) is 6.03. The first-order chi connectivity index (χ1) is 12.8. The highest BCUT2D eigenvalue weighted by molar-refractivity contribution is 7.80. The van der Waals surface area contributed by atoms with Crippen molar-refractivity contribution in [1.82, 2.24) is 0 Å². The zero-order valence-corrected chi connectivity index (χ0v) is 15.2. The highest BCUT2D eigenvalue weighted by Crippen LogP contribution is 2.31. The molecule has 9 nitrogen and oxygen atoms in total. The first-order valence-corrected chi connectivity index (χ1v) is 7.85. The van der Waals surface area contributed by atoms with E-state index >= 15 is 0 Å². The second-order valence-corrected chi connectivity index (χ2v) is 5.58. The highest BCUT2D eigenvalue weighted by atomic mass is 32.1. The molecule has 27 heavy (non-hydrogen) atoms. The largest absolute Gasteiger partial charge is 0.465 e. The molecule has 0 atom stereocenters. The van der Waals surface area contributed by atoms with Gasteiger partial charge in [0.25, 0.3) is 5.69 Å². The lowest BCUT2D eigenvalue weighted by atomic mass is 10.1. The average Bonchev–Trinajstić information content (AvgIpc) is 2.88. The van der Waals surface area contributed by atoms with Gasteiger partial charge in [-0.25, -0.2) is 9.59 Å². The van der Waals surface area contributed by atoms with E-state index < -0.39 is 16.9 Å². The van der Waals surface area contributed by atoms with Gasteiger partial charge in [-0.2, -0.15) is 0 Å². The SMILES string of the molecule is COC(=O)C1=C(C(=O)OC)N(c2ccc([N+](=O)[O-])cc2C(N)=S)C=CC=C1. The molecule has 0 saturated heterocycles. The number of nitrogens with two attached hydrogens (primary N) is 1. The lowest BCUT2D eigenvalue weighted by molar-refractivity contribution is -0.384. The van der Waals surface area contributed by atoms with Gasteiger partial charge >= 0.3 is 11.9 Å². The first-order valence-electron chi connectivity index (χ1n) is 7.45.